The summed E-state index contributed by atoms with van der Waals surface area (Å²) in [5, 5.41) is 4.68. The second-order valence-corrected chi connectivity index (χ2v) is 6.23. The van der Waals surface area contributed by atoms with Crippen molar-refractivity contribution < 1.29 is 9.53 Å². The topological polar surface area (TPSA) is 57.0 Å². The summed E-state index contributed by atoms with van der Waals surface area (Å²) in [5.41, 5.74) is 1.55. The third kappa shape index (κ3) is 3.36. The summed E-state index contributed by atoms with van der Waals surface area (Å²) in [4.78, 5) is 15.2. The van der Waals surface area contributed by atoms with Crippen molar-refractivity contribution in [1.29, 1.82) is 0 Å². The molecule has 0 bridgehead atoms. The molecule has 0 radical (unpaired) electrons. The molecule has 0 fully saturated rings. The predicted molar refractivity (Wildman–Crippen MR) is 92.6 cm³/mol. The molecule has 126 valence electrons. The largest absolute Gasteiger partial charge is 0.491 e. The van der Waals surface area contributed by atoms with Crippen LogP contribution in [0.4, 0.5) is 0 Å². The van der Waals surface area contributed by atoms with Gasteiger partial charge >= 0.3 is 0 Å². The van der Waals surface area contributed by atoms with Crippen molar-refractivity contribution in [3.63, 3.8) is 0 Å². The zero-order valence-electron chi connectivity index (χ0n) is 13.6. The summed E-state index contributed by atoms with van der Waals surface area (Å²) in [5.74, 6) is 1.01. The third-order valence-electron chi connectivity index (χ3n) is 4.42. The van der Waals surface area contributed by atoms with E-state index < -0.39 is 0 Å². The molecule has 2 atom stereocenters. The molecule has 2 heterocycles. The van der Waals surface area contributed by atoms with Gasteiger partial charge in [-0.05, 0) is 25.8 Å². The lowest BCUT2D eigenvalue weighted by Crippen LogP contribution is -2.24. The number of pyridine rings is 1. The van der Waals surface area contributed by atoms with Crippen LogP contribution < -0.4 is 4.74 Å². The molecular formula is C18H20ClN3O2. The van der Waals surface area contributed by atoms with Crippen molar-refractivity contribution in [2.75, 3.05) is 6.61 Å². The first-order valence-electron chi connectivity index (χ1n) is 8.14. The highest BCUT2D eigenvalue weighted by atomic mass is 35.5. The molecule has 0 saturated carbocycles. The van der Waals surface area contributed by atoms with Gasteiger partial charge in [0, 0.05) is 36.5 Å². The van der Waals surface area contributed by atoms with Gasteiger partial charge in [0.05, 0.1) is 23.4 Å². The smallest absolute Gasteiger partial charge is 0.155 e. The van der Waals surface area contributed by atoms with Crippen LogP contribution in [-0.2, 0) is 6.54 Å². The molecule has 2 aromatic rings. The van der Waals surface area contributed by atoms with Gasteiger partial charge in [-0.2, -0.15) is 5.10 Å². The fourth-order valence-electron chi connectivity index (χ4n) is 3.16. The maximum atomic E-state index is 11.2. The SMILES string of the molecule is CCn1nccc1C1C=CCCC1COc1cncc(Cl)c1C=O. The fraction of sp³-hybridized carbons (Fsp3) is 0.389. The Morgan fingerprint density at radius 1 is 1.46 bits per heavy atom. The molecule has 3 rings (SSSR count). The number of hydrogen-bond acceptors (Lipinski definition) is 4. The molecule has 2 unspecified atom stereocenters. The molecule has 5 nitrogen and oxygen atoms in total. The second-order valence-electron chi connectivity index (χ2n) is 5.83. The molecule has 24 heavy (non-hydrogen) atoms. The minimum absolute atomic E-state index is 0.257. The van der Waals surface area contributed by atoms with Crippen LogP contribution in [-0.4, -0.2) is 27.7 Å². The van der Waals surface area contributed by atoms with Gasteiger partial charge in [0.25, 0.3) is 0 Å². The van der Waals surface area contributed by atoms with Crippen LogP contribution in [0.5, 0.6) is 5.75 Å². The molecule has 6 heteroatoms. The lowest BCUT2D eigenvalue weighted by molar-refractivity contribution is 0.111. The van der Waals surface area contributed by atoms with Crippen molar-refractivity contribution in [3.05, 3.63) is 53.1 Å². The van der Waals surface area contributed by atoms with E-state index in [1.54, 1.807) is 6.20 Å². The van der Waals surface area contributed by atoms with E-state index >= 15 is 0 Å². The Hall–Kier alpha value is -2.14. The number of aryl methyl sites for hydroxylation is 1. The van der Waals surface area contributed by atoms with Gasteiger partial charge in [0.2, 0.25) is 0 Å². The molecule has 0 aromatic carbocycles. The zero-order chi connectivity index (χ0) is 16.9. The number of carbonyl (C=O) groups is 1. The van der Waals surface area contributed by atoms with E-state index in [9.17, 15) is 4.79 Å². The molecule has 2 aromatic heterocycles. The Kier molecular flexibility index (Phi) is 5.30. The quantitative estimate of drug-likeness (QED) is 0.588. The highest BCUT2D eigenvalue weighted by Crippen LogP contribution is 2.34. The number of allylic oxidation sites excluding steroid dienone is 2. The Morgan fingerprint density at radius 2 is 2.33 bits per heavy atom. The van der Waals surface area contributed by atoms with E-state index in [0.29, 0.717) is 35.1 Å². The first kappa shape index (κ1) is 16.7. The van der Waals surface area contributed by atoms with Crippen molar-refractivity contribution in [2.24, 2.45) is 5.92 Å². The van der Waals surface area contributed by atoms with Crippen LogP contribution in [0.1, 0.15) is 41.7 Å². The first-order valence-corrected chi connectivity index (χ1v) is 8.52. The average Bonchev–Trinajstić information content (AvgIpc) is 3.08. The Balaban J connectivity index is 1.78. The van der Waals surface area contributed by atoms with Gasteiger partial charge in [-0.25, -0.2) is 0 Å². The number of halogens is 1. The molecule has 0 N–H and O–H groups in total. The number of carbonyl (C=O) groups excluding carboxylic acids is 1. The summed E-state index contributed by atoms with van der Waals surface area (Å²) in [7, 11) is 0. The van der Waals surface area contributed by atoms with Gasteiger partial charge < -0.3 is 4.74 Å². The molecular weight excluding hydrogens is 326 g/mol. The predicted octanol–water partition coefficient (Wildman–Crippen LogP) is 3.89. The zero-order valence-corrected chi connectivity index (χ0v) is 14.3. The number of hydrogen-bond donors (Lipinski definition) is 0. The van der Waals surface area contributed by atoms with Crippen LogP contribution in [0.15, 0.2) is 36.8 Å². The molecule has 0 aliphatic heterocycles. The van der Waals surface area contributed by atoms with E-state index in [1.165, 1.54) is 11.9 Å². The van der Waals surface area contributed by atoms with Crippen LogP contribution in [0.25, 0.3) is 0 Å². The van der Waals surface area contributed by atoms with E-state index in [0.717, 1.165) is 19.4 Å². The average molecular weight is 346 g/mol. The summed E-state index contributed by atoms with van der Waals surface area (Å²) < 4.78 is 7.93. The molecule has 0 spiro atoms. The van der Waals surface area contributed by atoms with E-state index in [2.05, 4.69) is 35.2 Å². The molecule has 1 aliphatic rings. The van der Waals surface area contributed by atoms with Gasteiger partial charge in [0.1, 0.15) is 5.75 Å². The Labute approximate surface area is 146 Å². The van der Waals surface area contributed by atoms with Crippen molar-refractivity contribution >= 4 is 17.9 Å². The maximum absolute atomic E-state index is 11.2. The van der Waals surface area contributed by atoms with Crippen LogP contribution >= 0.6 is 11.6 Å². The first-order chi connectivity index (χ1) is 11.7. The monoisotopic (exact) mass is 345 g/mol. The van der Waals surface area contributed by atoms with E-state index in [4.69, 9.17) is 16.3 Å². The Bertz CT molecular complexity index is 742. The standard InChI is InChI=1S/C18H20ClN3O2/c1-2-22-17(7-8-21-22)14-6-4-3-5-13(14)12-24-18-10-20-9-16(19)15(18)11-23/h4,6-11,13-14H,2-3,5,12H2,1H3. The number of aromatic nitrogens is 3. The lowest BCUT2D eigenvalue weighted by Gasteiger charge is -2.28. The van der Waals surface area contributed by atoms with Crippen LogP contribution in [0.2, 0.25) is 5.02 Å². The lowest BCUT2D eigenvalue weighted by atomic mass is 9.82. The van der Waals surface area contributed by atoms with Crippen molar-refractivity contribution in [2.45, 2.75) is 32.2 Å². The highest BCUT2D eigenvalue weighted by Gasteiger charge is 2.26. The van der Waals surface area contributed by atoms with Crippen LogP contribution in [0.3, 0.4) is 0 Å². The molecule has 0 amide bonds. The normalized spacial score (nSPS) is 20.1. The summed E-state index contributed by atoms with van der Waals surface area (Å²) in [6.07, 6.45) is 12.0. The summed E-state index contributed by atoms with van der Waals surface area (Å²) >= 11 is 6.00. The van der Waals surface area contributed by atoms with Gasteiger partial charge in [-0.15, -0.1) is 0 Å². The molecule has 1 aliphatic carbocycles. The van der Waals surface area contributed by atoms with Gasteiger partial charge in [0.15, 0.2) is 6.29 Å². The van der Waals surface area contributed by atoms with Gasteiger partial charge in [-0.3, -0.25) is 14.5 Å². The summed E-state index contributed by atoms with van der Waals surface area (Å²) in [6.45, 7) is 3.43. The van der Waals surface area contributed by atoms with Gasteiger partial charge in [-0.1, -0.05) is 23.8 Å². The molecule has 0 saturated heterocycles. The number of ether oxygens (including phenoxy) is 1. The van der Waals surface area contributed by atoms with Crippen LogP contribution in [0, 0.1) is 5.92 Å². The van der Waals surface area contributed by atoms with Crippen molar-refractivity contribution in [3.8, 4) is 5.75 Å². The van der Waals surface area contributed by atoms with E-state index in [1.807, 2.05) is 10.9 Å². The number of nitrogens with zero attached hydrogens (tertiary/aromatic N) is 3. The minimum Gasteiger partial charge on any atom is -0.491 e. The maximum Gasteiger partial charge on any atom is 0.155 e. The van der Waals surface area contributed by atoms with Crippen molar-refractivity contribution in [1.82, 2.24) is 14.8 Å². The third-order valence-corrected chi connectivity index (χ3v) is 4.72. The number of rotatable bonds is 6. The van der Waals surface area contributed by atoms with E-state index in [-0.39, 0.29) is 5.92 Å². The minimum atomic E-state index is 0.257. The summed E-state index contributed by atoms with van der Waals surface area (Å²) in [6, 6.07) is 2.06. The Morgan fingerprint density at radius 3 is 3.12 bits per heavy atom. The second kappa shape index (κ2) is 7.62. The number of aldehydes is 1. The fourth-order valence-corrected chi connectivity index (χ4v) is 3.35. The highest BCUT2D eigenvalue weighted by molar-refractivity contribution is 6.33.